The highest BCUT2D eigenvalue weighted by atomic mass is 19.4. The summed E-state index contributed by atoms with van der Waals surface area (Å²) < 4.78 is 42.2. The molecule has 0 aliphatic rings. The van der Waals surface area contributed by atoms with Crippen LogP contribution in [0.4, 0.5) is 13.2 Å². The van der Waals surface area contributed by atoms with Crippen LogP contribution in [-0.4, -0.2) is 5.78 Å². The summed E-state index contributed by atoms with van der Waals surface area (Å²) in [5.41, 5.74) is -0.0831. The van der Waals surface area contributed by atoms with E-state index < -0.39 is 11.7 Å². The van der Waals surface area contributed by atoms with E-state index in [0.29, 0.717) is 11.1 Å². The van der Waals surface area contributed by atoms with E-state index in [0.717, 1.165) is 12.1 Å². The number of furan rings is 1. The van der Waals surface area contributed by atoms with Crippen molar-refractivity contribution in [3.8, 4) is 0 Å². The number of hydrogen-bond donors (Lipinski definition) is 0. The van der Waals surface area contributed by atoms with Crippen molar-refractivity contribution in [2.75, 3.05) is 0 Å². The summed E-state index contributed by atoms with van der Waals surface area (Å²) in [6.07, 6.45) is 0.785. The third-order valence-electron chi connectivity index (χ3n) is 2.45. The lowest BCUT2D eigenvalue weighted by molar-refractivity contribution is -0.137. The number of rotatable bonds is 3. The number of carbonyl (C=O) groups is 1. The molecule has 1 aromatic carbocycles. The fraction of sp³-hybridized carbons (Fsp3) is 0.0714. The average Bonchev–Trinajstić information content (AvgIpc) is 2.89. The van der Waals surface area contributed by atoms with Crippen LogP contribution in [0.2, 0.25) is 0 Å². The van der Waals surface area contributed by atoms with Crippen molar-refractivity contribution in [1.29, 1.82) is 0 Å². The Bertz CT molecular complexity index is 595. The van der Waals surface area contributed by atoms with Gasteiger partial charge in [0.25, 0.3) is 0 Å². The highest BCUT2D eigenvalue weighted by molar-refractivity contribution is 6.06. The number of benzene rings is 1. The van der Waals surface area contributed by atoms with Crippen molar-refractivity contribution in [3.63, 3.8) is 0 Å². The number of halogens is 3. The minimum atomic E-state index is -4.39. The molecule has 0 unspecified atom stereocenters. The molecule has 0 spiro atoms. The molecule has 0 aliphatic heterocycles. The molecule has 0 bridgehead atoms. The lowest BCUT2D eigenvalue weighted by Gasteiger charge is -2.06. The first-order chi connectivity index (χ1) is 8.97. The molecule has 0 amide bonds. The van der Waals surface area contributed by atoms with Gasteiger partial charge in [0.2, 0.25) is 0 Å². The number of hydrogen-bond acceptors (Lipinski definition) is 2. The van der Waals surface area contributed by atoms with Gasteiger partial charge in [0.15, 0.2) is 5.78 Å². The molecule has 0 aliphatic carbocycles. The van der Waals surface area contributed by atoms with E-state index >= 15 is 0 Å². The molecule has 98 valence electrons. The Kier molecular flexibility index (Phi) is 3.55. The first-order valence-electron chi connectivity index (χ1n) is 5.39. The Hall–Kier alpha value is -2.30. The van der Waals surface area contributed by atoms with Crippen LogP contribution in [0.1, 0.15) is 21.5 Å². The average molecular weight is 266 g/mol. The summed E-state index contributed by atoms with van der Waals surface area (Å²) in [7, 11) is 0. The minimum absolute atomic E-state index is 0.312. The Balaban J connectivity index is 2.18. The Labute approximate surface area is 107 Å². The molecular formula is C14H9F3O2. The van der Waals surface area contributed by atoms with Crippen LogP contribution in [0, 0.1) is 0 Å². The Morgan fingerprint density at radius 1 is 1.21 bits per heavy atom. The summed E-state index contributed by atoms with van der Waals surface area (Å²) in [6.45, 7) is 0. The zero-order valence-corrected chi connectivity index (χ0v) is 9.65. The first kappa shape index (κ1) is 13.1. The zero-order chi connectivity index (χ0) is 13.9. The molecule has 2 rings (SSSR count). The second kappa shape index (κ2) is 5.14. The molecule has 2 aromatic rings. The van der Waals surface area contributed by atoms with Gasteiger partial charge in [-0.15, -0.1) is 0 Å². The predicted molar refractivity (Wildman–Crippen MR) is 63.5 cm³/mol. The summed E-state index contributed by atoms with van der Waals surface area (Å²) in [5, 5.41) is 0. The molecule has 2 nitrogen and oxygen atoms in total. The first-order valence-corrected chi connectivity index (χ1v) is 5.39. The number of carbonyl (C=O) groups excluding carboxylic acids is 1. The second-order valence-electron chi connectivity index (χ2n) is 3.83. The van der Waals surface area contributed by atoms with Crippen LogP contribution in [-0.2, 0) is 6.18 Å². The van der Waals surface area contributed by atoms with E-state index in [1.165, 1.54) is 42.9 Å². The standard InChI is InChI=1S/C14H9F3O2/c15-14(16,17)12-3-1-2-10(8-12)4-5-13(18)11-6-7-19-9-11/h1-9H/b5-4+. The number of allylic oxidation sites excluding steroid dienone is 1. The topological polar surface area (TPSA) is 30.2 Å². The molecule has 0 radical (unpaired) electrons. The predicted octanol–water partition coefficient (Wildman–Crippen LogP) is 4.19. The lowest BCUT2D eigenvalue weighted by Crippen LogP contribution is -2.04. The summed E-state index contributed by atoms with van der Waals surface area (Å²) in [6, 6.07) is 6.24. The van der Waals surface area contributed by atoms with Gasteiger partial charge < -0.3 is 4.42 Å². The highest BCUT2D eigenvalue weighted by Gasteiger charge is 2.30. The third kappa shape index (κ3) is 3.34. The molecule has 0 saturated heterocycles. The fourth-order valence-electron chi connectivity index (χ4n) is 1.49. The van der Waals surface area contributed by atoms with Gasteiger partial charge in [0.1, 0.15) is 6.26 Å². The van der Waals surface area contributed by atoms with Gasteiger partial charge in [-0.2, -0.15) is 13.2 Å². The highest BCUT2D eigenvalue weighted by Crippen LogP contribution is 2.29. The van der Waals surface area contributed by atoms with Gasteiger partial charge in [-0.25, -0.2) is 0 Å². The normalized spacial score (nSPS) is 11.9. The van der Waals surface area contributed by atoms with E-state index in [9.17, 15) is 18.0 Å². The van der Waals surface area contributed by atoms with Gasteiger partial charge in [-0.3, -0.25) is 4.79 Å². The number of ketones is 1. The Morgan fingerprint density at radius 2 is 2.00 bits per heavy atom. The van der Waals surface area contributed by atoms with Crippen molar-refractivity contribution in [3.05, 3.63) is 65.6 Å². The monoisotopic (exact) mass is 266 g/mol. The number of alkyl halides is 3. The Morgan fingerprint density at radius 3 is 2.63 bits per heavy atom. The van der Waals surface area contributed by atoms with Crippen LogP contribution in [0.3, 0.4) is 0 Å². The third-order valence-corrected chi connectivity index (χ3v) is 2.45. The second-order valence-corrected chi connectivity index (χ2v) is 3.83. The largest absolute Gasteiger partial charge is 0.472 e. The van der Waals surface area contributed by atoms with Gasteiger partial charge >= 0.3 is 6.18 Å². The van der Waals surface area contributed by atoms with Crippen LogP contribution in [0.15, 0.2) is 53.4 Å². The molecule has 0 atom stereocenters. The van der Waals surface area contributed by atoms with Crippen molar-refractivity contribution in [1.82, 2.24) is 0 Å². The molecule has 0 fully saturated rings. The lowest BCUT2D eigenvalue weighted by atomic mass is 10.1. The van der Waals surface area contributed by atoms with E-state index in [2.05, 4.69) is 0 Å². The van der Waals surface area contributed by atoms with Crippen LogP contribution in [0.5, 0.6) is 0 Å². The van der Waals surface area contributed by atoms with E-state index in [1.54, 1.807) is 0 Å². The minimum Gasteiger partial charge on any atom is -0.472 e. The summed E-state index contributed by atoms with van der Waals surface area (Å²) >= 11 is 0. The molecule has 1 aromatic heterocycles. The zero-order valence-electron chi connectivity index (χ0n) is 9.65. The van der Waals surface area contributed by atoms with Crippen LogP contribution >= 0.6 is 0 Å². The van der Waals surface area contributed by atoms with Crippen molar-refractivity contribution < 1.29 is 22.4 Å². The van der Waals surface area contributed by atoms with Crippen molar-refractivity contribution >= 4 is 11.9 Å². The summed E-state index contributed by atoms with van der Waals surface area (Å²) in [4.78, 5) is 11.6. The van der Waals surface area contributed by atoms with Gasteiger partial charge in [-0.1, -0.05) is 18.2 Å². The van der Waals surface area contributed by atoms with Crippen LogP contribution < -0.4 is 0 Å². The maximum absolute atomic E-state index is 12.5. The van der Waals surface area contributed by atoms with Crippen molar-refractivity contribution in [2.45, 2.75) is 6.18 Å². The maximum Gasteiger partial charge on any atom is 0.416 e. The SMILES string of the molecule is O=C(/C=C/c1cccc(C(F)(F)F)c1)c1ccoc1. The fourth-order valence-corrected chi connectivity index (χ4v) is 1.49. The molecule has 0 saturated carbocycles. The van der Waals surface area contributed by atoms with Gasteiger partial charge in [0.05, 0.1) is 17.4 Å². The summed E-state index contributed by atoms with van der Waals surface area (Å²) in [5.74, 6) is -0.328. The molecule has 0 N–H and O–H groups in total. The molecule has 5 heteroatoms. The maximum atomic E-state index is 12.5. The molecule has 19 heavy (non-hydrogen) atoms. The molecule has 1 heterocycles. The quantitative estimate of drug-likeness (QED) is 0.615. The van der Waals surface area contributed by atoms with Gasteiger partial charge in [0, 0.05) is 0 Å². The van der Waals surface area contributed by atoms with E-state index in [4.69, 9.17) is 4.42 Å². The van der Waals surface area contributed by atoms with Gasteiger partial charge in [-0.05, 0) is 29.8 Å². The van der Waals surface area contributed by atoms with E-state index in [1.807, 2.05) is 0 Å². The van der Waals surface area contributed by atoms with E-state index in [-0.39, 0.29) is 5.78 Å². The van der Waals surface area contributed by atoms with Crippen LogP contribution in [0.25, 0.3) is 6.08 Å². The van der Waals surface area contributed by atoms with Crippen molar-refractivity contribution in [2.24, 2.45) is 0 Å². The molecular weight excluding hydrogens is 257 g/mol. The smallest absolute Gasteiger partial charge is 0.416 e.